The lowest BCUT2D eigenvalue weighted by molar-refractivity contribution is -0.206. The van der Waals surface area contributed by atoms with Crippen LogP contribution >= 0.6 is 15.9 Å². The summed E-state index contributed by atoms with van der Waals surface area (Å²) in [6.45, 7) is 0. The van der Waals surface area contributed by atoms with Crippen molar-refractivity contribution in [2.45, 2.75) is 12.3 Å². The third-order valence-corrected chi connectivity index (χ3v) is 3.24. The first kappa shape index (κ1) is 14.1. The van der Waals surface area contributed by atoms with E-state index in [1.54, 1.807) is 12.1 Å². The summed E-state index contributed by atoms with van der Waals surface area (Å²) in [7, 11) is 0. The van der Waals surface area contributed by atoms with Crippen LogP contribution in [0.2, 0.25) is 0 Å². The van der Waals surface area contributed by atoms with Crippen LogP contribution < -0.4 is 0 Å². The Morgan fingerprint density at radius 1 is 0.842 bits per heavy atom. The normalized spacial score (nSPS) is 13.3. The van der Waals surface area contributed by atoms with Gasteiger partial charge in [-0.2, -0.15) is 13.2 Å². The van der Waals surface area contributed by atoms with Gasteiger partial charge in [0.25, 0.3) is 0 Å². The van der Waals surface area contributed by atoms with E-state index in [0.717, 1.165) is 15.6 Å². The Hall–Kier alpha value is -1.33. The summed E-state index contributed by atoms with van der Waals surface area (Å²) in [6.07, 6.45) is -7.08. The van der Waals surface area contributed by atoms with Gasteiger partial charge in [0.1, 0.15) is 0 Å². The molecule has 0 heterocycles. The number of aliphatic hydroxyl groups is 1. The molecule has 0 aliphatic carbocycles. The maximum atomic E-state index is 12.3. The molecule has 0 amide bonds. The van der Waals surface area contributed by atoms with Gasteiger partial charge in [-0.1, -0.05) is 52.3 Å². The molecule has 0 unspecified atom stereocenters. The van der Waals surface area contributed by atoms with Crippen molar-refractivity contribution >= 4 is 15.9 Å². The van der Waals surface area contributed by atoms with Gasteiger partial charge >= 0.3 is 6.18 Å². The predicted octanol–water partition coefficient (Wildman–Crippen LogP) is 4.71. The number of halogens is 4. The van der Waals surface area contributed by atoms with Crippen LogP contribution in [-0.4, -0.2) is 11.3 Å². The van der Waals surface area contributed by atoms with Crippen LogP contribution in [0.3, 0.4) is 0 Å². The highest BCUT2D eigenvalue weighted by Crippen LogP contribution is 2.33. The fraction of sp³-hybridized carbons (Fsp3) is 0.143. The van der Waals surface area contributed by atoms with Gasteiger partial charge in [-0.15, -0.1) is 0 Å². The molecule has 2 aromatic carbocycles. The van der Waals surface area contributed by atoms with E-state index in [9.17, 15) is 13.2 Å². The van der Waals surface area contributed by atoms with E-state index in [2.05, 4.69) is 15.9 Å². The van der Waals surface area contributed by atoms with E-state index < -0.39 is 12.3 Å². The minimum absolute atomic E-state index is 0.159. The molecule has 0 aliphatic rings. The number of hydrogen-bond donors (Lipinski definition) is 1. The van der Waals surface area contributed by atoms with Gasteiger partial charge in [0, 0.05) is 4.47 Å². The smallest absolute Gasteiger partial charge is 0.379 e. The average molecular weight is 331 g/mol. The molecular formula is C14H10BrF3O. The highest BCUT2D eigenvalue weighted by molar-refractivity contribution is 9.10. The quantitative estimate of drug-likeness (QED) is 0.845. The van der Waals surface area contributed by atoms with Crippen molar-refractivity contribution in [3.8, 4) is 11.1 Å². The molecule has 1 N–H and O–H groups in total. The van der Waals surface area contributed by atoms with Crippen molar-refractivity contribution in [1.29, 1.82) is 0 Å². The van der Waals surface area contributed by atoms with Gasteiger partial charge in [-0.25, -0.2) is 0 Å². The van der Waals surface area contributed by atoms with Crippen molar-refractivity contribution in [3.63, 3.8) is 0 Å². The van der Waals surface area contributed by atoms with Gasteiger partial charge in [-0.3, -0.25) is 0 Å². The number of benzene rings is 2. The molecular weight excluding hydrogens is 321 g/mol. The summed E-state index contributed by atoms with van der Waals surface area (Å²) in [4.78, 5) is 0. The fourth-order valence-electron chi connectivity index (χ4n) is 1.69. The molecule has 0 bridgehead atoms. The second-order valence-electron chi connectivity index (χ2n) is 4.07. The molecule has 0 aromatic heterocycles. The van der Waals surface area contributed by atoms with Gasteiger partial charge < -0.3 is 5.11 Å². The largest absolute Gasteiger partial charge is 0.418 e. The molecule has 0 fully saturated rings. The van der Waals surface area contributed by atoms with Crippen LogP contribution in [0, 0.1) is 0 Å². The molecule has 0 saturated carbocycles. The molecule has 0 saturated heterocycles. The zero-order valence-electron chi connectivity index (χ0n) is 9.66. The monoisotopic (exact) mass is 330 g/mol. The van der Waals surface area contributed by atoms with E-state index in [0.29, 0.717) is 0 Å². The standard InChI is InChI=1S/C14H10BrF3O/c15-12-7-5-10(6-8-12)9-1-3-11(4-2-9)13(19)14(16,17)18/h1-8,13,19H/t13-/m1/s1. The zero-order valence-corrected chi connectivity index (χ0v) is 11.2. The molecule has 19 heavy (non-hydrogen) atoms. The van der Waals surface area contributed by atoms with E-state index in [1.165, 1.54) is 12.1 Å². The highest BCUT2D eigenvalue weighted by Gasteiger charge is 2.39. The Bertz CT molecular complexity index is 546. The molecule has 2 rings (SSSR count). The second kappa shape index (κ2) is 5.35. The van der Waals surface area contributed by atoms with Gasteiger partial charge in [-0.05, 0) is 28.8 Å². The van der Waals surface area contributed by atoms with Crippen molar-refractivity contribution < 1.29 is 18.3 Å². The summed E-state index contributed by atoms with van der Waals surface area (Å²) in [5.41, 5.74) is 1.54. The number of alkyl halides is 3. The van der Waals surface area contributed by atoms with Gasteiger partial charge in [0.2, 0.25) is 0 Å². The van der Waals surface area contributed by atoms with Crippen molar-refractivity contribution in [2.24, 2.45) is 0 Å². The zero-order chi connectivity index (χ0) is 14.0. The Morgan fingerprint density at radius 3 is 1.68 bits per heavy atom. The van der Waals surface area contributed by atoms with E-state index in [1.807, 2.05) is 24.3 Å². The number of hydrogen-bond acceptors (Lipinski definition) is 1. The van der Waals surface area contributed by atoms with Gasteiger partial charge in [0.05, 0.1) is 0 Å². The summed E-state index contributed by atoms with van der Waals surface area (Å²) >= 11 is 3.31. The Balaban J connectivity index is 2.26. The van der Waals surface area contributed by atoms with Crippen LogP contribution in [-0.2, 0) is 0 Å². The van der Waals surface area contributed by atoms with Gasteiger partial charge in [0.15, 0.2) is 6.10 Å². The Labute approximate surface area is 116 Å². The minimum atomic E-state index is -4.64. The minimum Gasteiger partial charge on any atom is -0.379 e. The lowest BCUT2D eigenvalue weighted by atomic mass is 10.0. The van der Waals surface area contributed by atoms with Crippen molar-refractivity contribution in [3.05, 3.63) is 58.6 Å². The molecule has 1 atom stereocenters. The van der Waals surface area contributed by atoms with E-state index in [-0.39, 0.29) is 5.56 Å². The first-order valence-electron chi connectivity index (χ1n) is 5.48. The summed E-state index contributed by atoms with van der Waals surface area (Å²) in [6, 6.07) is 13.1. The second-order valence-corrected chi connectivity index (χ2v) is 4.99. The molecule has 1 nitrogen and oxygen atoms in total. The maximum absolute atomic E-state index is 12.3. The van der Waals surface area contributed by atoms with Crippen LogP contribution in [0.1, 0.15) is 11.7 Å². The summed E-state index contributed by atoms with van der Waals surface area (Å²) in [5.74, 6) is 0. The molecule has 100 valence electrons. The third-order valence-electron chi connectivity index (χ3n) is 2.71. The molecule has 0 aliphatic heterocycles. The number of rotatable bonds is 2. The Kier molecular flexibility index (Phi) is 3.96. The topological polar surface area (TPSA) is 20.2 Å². The summed E-state index contributed by atoms with van der Waals surface area (Å²) in [5, 5.41) is 9.12. The van der Waals surface area contributed by atoms with E-state index in [4.69, 9.17) is 5.11 Å². The van der Waals surface area contributed by atoms with Crippen LogP contribution in [0.25, 0.3) is 11.1 Å². The highest BCUT2D eigenvalue weighted by atomic mass is 79.9. The predicted molar refractivity (Wildman–Crippen MR) is 70.6 cm³/mol. The third kappa shape index (κ3) is 3.36. The Morgan fingerprint density at radius 2 is 1.26 bits per heavy atom. The van der Waals surface area contributed by atoms with Crippen LogP contribution in [0.5, 0.6) is 0 Å². The first-order chi connectivity index (χ1) is 8.88. The molecule has 0 radical (unpaired) electrons. The maximum Gasteiger partial charge on any atom is 0.418 e. The van der Waals surface area contributed by atoms with Crippen molar-refractivity contribution in [2.75, 3.05) is 0 Å². The fourth-order valence-corrected chi connectivity index (χ4v) is 1.95. The SMILES string of the molecule is O[C@H](c1ccc(-c2ccc(Br)cc2)cc1)C(F)(F)F. The molecule has 5 heteroatoms. The molecule has 2 aromatic rings. The summed E-state index contributed by atoms with van der Waals surface area (Å²) < 4.78 is 38.0. The lowest BCUT2D eigenvalue weighted by Crippen LogP contribution is -2.19. The number of aliphatic hydroxyl groups excluding tert-OH is 1. The molecule has 0 spiro atoms. The lowest BCUT2D eigenvalue weighted by Gasteiger charge is -2.15. The average Bonchev–Trinajstić information content (AvgIpc) is 2.38. The van der Waals surface area contributed by atoms with E-state index >= 15 is 0 Å². The van der Waals surface area contributed by atoms with Crippen LogP contribution in [0.15, 0.2) is 53.0 Å². The van der Waals surface area contributed by atoms with Crippen molar-refractivity contribution in [1.82, 2.24) is 0 Å². The van der Waals surface area contributed by atoms with Crippen LogP contribution in [0.4, 0.5) is 13.2 Å². The first-order valence-corrected chi connectivity index (χ1v) is 6.28.